The van der Waals surface area contributed by atoms with Crippen molar-refractivity contribution in [2.24, 2.45) is 0 Å². The Labute approximate surface area is 106 Å². The van der Waals surface area contributed by atoms with Gasteiger partial charge in [0.25, 0.3) is 0 Å². The van der Waals surface area contributed by atoms with E-state index in [0.717, 1.165) is 11.3 Å². The summed E-state index contributed by atoms with van der Waals surface area (Å²) in [6, 6.07) is 2.96. The molecule has 1 atom stereocenters. The third-order valence-corrected chi connectivity index (χ3v) is 2.48. The van der Waals surface area contributed by atoms with Crippen LogP contribution in [-0.2, 0) is 16.1 Å². The molecule has 1 rings (SSSR count). The van der Waals surface area contributed by atoms with Gasteiger partial charge in [-0.2, -0.15) is 0 Å². The Morgan fingerprint density at radius 3 is 2.67 bits per heavy atom. The van der Waals surface area contributed by atoms with E-state index in [1.54, 1.807) is 13.0 Å². The van der Waals surface area contributed by atoms with Gasteiger partial charge in [0.1, 0.15) is 11.9 Å². The van der Waals surface area contributed by atoms with E-state index in [4.69, 9.17) is 5.73 Å². The minimum atomic E-state index is -0.551. The lowest BCUT2D eigenvalue weighted by Gasteiger charge is -2.13. The van der Waals surface area contributed by atoms with Crippen molar-refractivity contribution in [2.75, 3.05) is 5.73 Å². The molecule has 0 fully saturated rings. The second-order valence-electron chi connectivity index (χ2n) is 4.12. The number of hydrogen-bond acceptors (Lipinski definition) is 4. The maximum Gasteiger partial charge on any atom is 0.242 e. The molecule has 98 valence electrons. The van der Waals surface area contributed by atoms with Crippen molar-refractivity contribution in [3.05, 3.63) is 23.4 Å². The molecular formula is C12H18N4O2. The van der Waals surface area contributed by atoms with Crippen LogP contribution in [-0.4, -0.2) is 22.8 Å². The average Bonchev–Trinajstić information content (AvgIpc) is 2.26. The lowest BCUT2D eigenvalue weighted by Crippen LogP contribution is -2.43. The number of anilines is 1. The number of nitrogens with two attached hydrogens (primary N) is 1. The van der Waals surface area contributed by atoms with Gasteiger partial charge in [-0.1, -0.05) is 6.07 Å². The number of nitrogens with zero attached hydrogens (tertiary/aromatic N) is 1. The van der Waals surface area contributed by atoms with Gasteiger partial charge in [-0.3, -0.25) is 9.59 Å². The Balaban J connectivity index is 2.54. The molecule has 0 unspecified atom stereocenters. The maximum absolute atomic E-state index is 11.7. The van der Waals surface area contributed by atoms with Crippen molar-refractivity contribution in [1.29, 1.82) is 0 Å². The molecule has 1 aromatic heterocycles. The minimum Gasteiger partial charge on any atom is -0.384 e. The molecule has 0 saturated heterocycles. The van der Waals surface area contributed by atoms with Crippen molar-refractivity contribution in [1.82, 2.24) is 15.6 Å². The van der Waals surface area contributed by atoms with Gasteiger partial charge in [-0.25, -0.2) is 4.98 Å². The Morgan fingerprint density at radius 2 is 2.11 bits per heavy atom. The van der Waals surface area contributed by atoms with Gasteiger partial charge in [0.15, 0.2) is 0 Å². The first-order valence-corrected chi connectivity index (χ1v) is 5.67. The van der Waals surface area contributed by atoms with Crippen LogP contribution in [0.25, 0.3) is 0 Å². The van der Waals surface area contributed by atoms with Crippen LogP contribution in [0.1, 0.15) is 25.1 Å². The zero-order valence-corrected chi connectivity index (χ0v) is 10.8. The predicted molar refractivity (Wildman–Crippen MR) is 68.5 cm³/mol. The molecular weight excluding hydrogens is 232 g/mol. The summed E-state index contributed by atoms with van der Waals surface area (Å²) in [5.41, 5.74) is 7.22. The number of aryl methyl sites for hydroxylation is 1. The number of aromatic nitrogens is 1. The SMILES string of the molecule is CC(=O)N[C@@H](C)C(=O)NCc1ccc(N)nc1C. The van der Waals surface area contributed by atoms with Crippen LogP contribution in [0.15, 0.2) is 12.1 Å². The Hall–Kier alpha value is -2.11. The van der Waals surface area contributed by atoms with Gasteiger partial charge >= 0.3 is 0 Å². The molecule has 2 amide bonds. The number of carbonyl (C=O) groups is 2. The Bertz CT molecular complexity index is 459. The second kappa shape index (κ2) is 6.00. The van der Waals surface area contributed by atoms with Crippen LogP contribution in [0.4, 0.5) is 5.82 Å². The number of nitrogens with one attached hydrogen (secondary N) is 2. The van der Waals surface area contributed by atoms with E-state index in [9.17, 15) is 9.59 Å². The minimum absolute atomic E-state index is 0.233. The van der Waals surface area contributed by atoms with Crippen LogP contribution in [0.5, 0.6) is 0 Å². The molecule has 0 bridgehead atoms. The quantitative estimate of drug-likeness (QED) is 0.706. The lowest BCUT2D eigenvalue weighted by atomic mass is 10.2. The summed E-state index contributed by atoms with van der Waals surface area (Å²) in [7, 11) is 0. The largest absolute Gasteiger partial charge is 0.384 e. The van der Waals surface area contributed by atoms with Gasteiger partial charge in [0.2, 0.25) is 11.8 Å². The van der Waals surface area contributed by atoms with Crippen LogP contribution < -0.4 is 16.4 Å². The zero-order valence-electron chi connectivity index (χ0n) is 10.8. The van der Waals surface area contributed by atoms with E-state index in [0.29, 0.717) is 12.4 Å². The first-order chi connectivity index (χ1) is 8.40. The maximum atomic E-state index is 11.7. The van der Waals surface area contributed by atoms with Crippen molar-refractivity contribution < 1.29 is 9.59 Å². The number of nitrogen functional groups attached to an aromatic ring is 1. The number of carbonyl (C=O) groups excluding carboxylic acids is 2. The van der Waals surface area contributed by atoms with Crippen LogP contribution in [0.3, 0.4) is 0 Å². The topological polar surface area (TPSA) is 97.1 Å². The molecule has 6 heteroatoms. The molecule has 4 N–H and O–H groups in total. The molecule has 1 aromatic rings. The molecule has 0 aliphatic rings. The van der Waals surface area contributed by atoms with Crippen molar-refractivity contribution in [3.63, 3.8) is 0 Å². The number of pyridine rings is 1. The fourth-order valence-corrected chi connectivity index (χ4v) is 1.50. The monoisotopic (exact) mass is 250 g/mol. The molecule has 0 aliphatic heterocycles. The Morgan fingerprint density at radius 1 is 1.44 bits per heavy atom. The fraction of sp³-hybridized carbons (Fsp3) is 0.417. The predicted octanol–water partition coefficient (Wildman–Crippen LogP) is 0.113. The van der Waals surface area contributed by atoms with E-state index in [2.05, 4.69) is 15.6 Å². The normalized spacial score (nSPS) is 11.7. The van der Waals surface area contributed by atoms with Gasteiger partial charge in [0, 0.05) is 19.2 Å². The summed E-state index contributed by atoms with van der Waals surface area (Å²) < 4.78 is 0. The molecule has 18 heavy (non-hydrogen) atoms. The van der Waals surface area contributed by atoms with Gasteiger partial charge in [-0.05, 0) is 25.5 Å². The third kappa shape index (κ3) is 4.04. The molecule has 0 aromatic carbocycles. The van der Waals surface area contributed by atoms with E-state index in [1.807, 2.05) is 13.0 Å². The van der Waals surface area contributed by atoms with Crippen molar-refractivity contribution >= 4 is 17.6 Å². The molecule has 1 heterocycles. The zero-order chi connectivity index (χ0) is 13.7. The summed E-state index contributed by atoms with van der Waals surface area (Å²) in [4.78, 5) is 26.6. The summed E-state index contributed by atoms with van der Waals surface area (Å²) in [6.07, 6.45) is 0. The average molecular weight is 250 g/mol. The van der Waals surface area contributed by atoms with E-state index in [1.165, 1.54) is 6.92 Å². The van der Waals surface area contributed by atoms with Crippen molar-refractivity contribution in [3.8, 4) is 0 Å². The van der Waals surface area contributed by atoms with Gasteiger partial charge < -0.3 is 16.4 Å². The smallest absolute Gasteiger partial charge is 0.242 e. The molecule has 0 saturated carbocycles. The summed E-state index contributed by atoms with van der Waals surface area (Å²) >= 11 is 0. The third-order valence-electron chi connectivity index (χ3n) is 2.48. The summed E-state index contributed by atoms with van der Waals surface area (Å²) in [5, 5.41) is 5.25. The van der Waals surface area contributed by atoms with Crippen molar-refractivity contribution in [2.45, 2.75) is 33.4 Å². The first-order valence-electron chi connectivity index (χ1n) is 5.67. The summed E-state index contributed by atoms with van der Waals surface area (Å²) in [5.74, 6) is -0.0152. The second-order valence-corrected chi connectivity index (χ2v) is 4.12. The van der Waals surface area contributed by atoms with Crippen LogP contribution in [0, 0.1) is 6.92 Å². The van der Waals surface area contributed by atoms with Gasteiger partial charge in [0.05, 0.1) is 0 Å². The molecule has 6 nitrogen and oxygen atoms in total. The van der Waals surface area contributed by atoms with E-state index >= 15 is 0 Å². The number of amides is 2. The Kier molecular flexibility index (Phi) is 4.65. The molecule has 0 radical (unpaired) electrons. The highest BCUT2D eigenvalue weighted by Gasteiger charge is 2.13. The van der Waals surface area contributed by atoms with Crippen LogP contribution >= 0.6 is 0 Å². The highest BCUT2D eigenvalue weighted by Crippen LogP contribution is 2.07. The van der Waals surface area contributed by atoms with E-state index in [-0.39, 0.29) is 11.8 Å². The highest BCUT2D eigenvalue weighted by atomic mass is 16.2. The van der Waals surface area contributed by atoms with E-state index < -0.39 is 6.04 Å². The highest BCUT2D eigenvalue weighted by molar-refractivity contribution is 5.86. The number of rotatable bonds is 4. The van der Waals surface area contributed by atoms with Crippen LogP contribution in [0.2, 0.25) is 0 Å². The fourth-order valence-electron chi connectivity index (χ4n) is 1.50. The standard InChI is InChI=1S/C12H18N4O2/c1-7-10(4-5-11(13)16-7)6-14-12(18)8(2)15-9(3)17/h4-5,8H,6H2,1-3H3,(H2,13,16)(H,14,18)(H,15,17)/t8-/m0/s1. The lowest BCUT2D eigenvalue weighted by molar-refractivity contribution is -0.127. The summed E-state index contributed by atoms with van der Waals surface area (Å²) in [6.45, 7) is 5.19. The van der Waals surface area contributed by atoms with Gasteiger partial charge in [-0.15, -0.1) is 0 Å². The number of hydrogen-bond donors (Lipinski definition) is 3. The first kappa shape index (κ1) is 14.0. The molecule has 0 aliphatic carbocycles. The molecule has 0 spiro atoms.